The molecule has 1 aromatic heterocycles. The lowest BCUT2D eigenvalue weighted by molar-refractivity contribution is 0.243. The number of halogens is 1. The van der Waals surface area contributed by atoms with Gasteiger partial charge in [0, 0.05) is 23.8 Å². The van der Waals surface area contributed by atoms with Crippen LogP contribution in [0, 0.1) is 5.82 Å². The Hall–Kier alpha value is -3.26. The molecule has 144 valence electrons. The molecule has 1 aliphatic heterocycles. The van der Waals surface area contributed by atoms with E-state index < -0.39 is 0 Å². The summed E-state index contributed by atoms with van der Waals surface area (Å²) in [7, 11) is 1.95. The first-order valence-electron chi connectivity index (χ1n) is 9.01. The van der Waals surface area contributed by atoms with Crippen LogP contribution in [0.15, 0.2) is 59.1 Å². The summed E-state index contributed by atoms with van der Waals surface area (Å²) in [5.41, 5.74) is 1.43. The zero-order valence-corrected chi connectivity index (χ0v) is 15.3. The van der Waals surface area contributed by atoms with Gasteiger partial charge >= 0.3 is 6.03 Å². The summed E-state index contributed by atoms with van der Waals surface area (Å²) in [6, 6.07) is 14.8. The van der Waals surface area contributed by atoms with E-state index in [0.29, 0.717) is 30.2 Å². The van der Waals surface area contributed by atoms with E-state index in [1.54, 1.807) is 12.1 Å². The molecule has 2 N–H and O–H groups in total. The van der Waals surface area contributed by atoms with Crippen LogP contribution in [0.3, 0.4) is 0 Å². The van der Waals surface area contributed by atoms with Crippen LogP contribution in [0.4, 0.5) is 14.9 Å². The van der Waals surface area contributed by atoms with Crippen LogP contribution in [-0.4, -0.2) is 40.7 Å². The van der Waals surface area contributed by atoms with Gasteiger partial charge in [-0.25, -0.2) is 9.18 Å². The van der Waals surface area contributed by atoms with Crippen LogP contribution in [-0.2, 0) is 0 Å². The smallest absolute Gasteiger partial charge is 0.319 e. The van der Waals surface area contributed by atoms with E-state index in [-0.39, 0.29) is 23.9 Å². The number of nitrogens with zero attached hydrogens (tertiary/aromatic N) is 3. The fourth-order valence-electron chi connectivity index (χ4n) is 3.35. The van der Waals surface area contributed by atoms with Crippen molar-refractivity contribution in [3.05, 3.63) is 66.3 Å². The number of urea groups is 1. The predicted octanol–water partition coefficient (Wildman–Crippen LogP) is 3.44. The molecule has 0 saturated carbocycles. The first-order valence-corrected chi connectivity index (χ1v) is 9.01. The number of carbonyl (C=O) groups excluding carboxylic acids is 1. The Morgan fingerprint density at radius 2 is 1.93 bits per heavy atom. The highest BCUT2D eigenvalue weighted by atomic mass is 19.1. The van der Waals surface area contributed by atoms with Crippen molar-refractivity contribution < 1.29 is 13.7 Å². The summed E-state index contributed by atoms with van der Waals surface area (Å²) < 4.78 is 18.5. The van der Waals surface area contributed by atoms with Gasteiger partial charge in [-0.3, -0.25) is 4.90 Å². The maximum atomic E-state index is 13.1. The fourth-order valence-corrected chi connectivity index (χ4v) is 3.35. The SMILES string of the molecule is CN1C[C@@H](NC(=O)Nc2ccccc2)C[C@H]1c1nc(-c2ccc(F)cc2)no1. The number of likely N-dealkylation sites (N-methyl/N-ethyl adjacent to an activating group) is 1. The monoisotopic (exact) mass is 381 g/mol. The first-order chi connectivity index (χ1) is 13.6. The molecule has 2 atom stereocenters. The third kappa shape index (κ3) is 4.01. The molecule has 4 rings (SSSR count). The Labute approximate surface area is 161 Å². The highest BCUT2D eigenvalue weighted by Crippen LogP contribution is 2.31. The number of amides is 2. The standard InChI is InChI=1S/C20H20FN5O2/c1-26-12-16(23-20(27)22-15-5-3-2-4-6-15)11-17(26)19-24-18(25-28-19)13-7-9-14(21)10-8-13/h2-10,16-17H,11-12H2,1H3,(H2,22,23,27)/t16-,17-/m0/s1. The number of hydrogen-bond donors (Lipinski definition) is 2. The predicted molar refractivity (Wildman–Crippen MR) is 102 cm³/mol. The van der Waals surface area contributed by atoms with E-state index >= 15 is 0 Å². The number of benzene rings is 2. The van der Waals surface area contributed by atoms with Crippen molar-refractivity contribution in [3.63, 3.8) is 0 Å². The van der Waals surface area contributed by atoms with Crippen molar-refractivity contribution in [2.24, 2.45) is 0 Å². The van der Waals surface area contributed by atoms with Crippen molar-refractivity contribution in [1.82, 2.24) is 20.4 Å². The summed E-state index contributed by atoms with van der Waals surface area (Å²) in [6.45, 7) is 0.668. The van der Waals surface area contributed by atoms with Crippen molar-refractivity contribution >= 4 is 11.7 Å². The lowest BCUT2D eigenvalue weighted by atomic mass is 10.1. The summed E-state index contributed by atoms with van der Waals surface area (Å²) >= 11 is 0. The normalized spacial score (nSPS) is 19.5. The lowest BCUT2D eigenvalue weighted by Gasteiger charge is -2.14. The van der Waals surface area contributed by atoms with E-state index in [4.69, 9.17) is 4.52 Å². The average Bonchev–Trinajstić information content (AvgIpc) is 3.30. The Morgan fingerprint density at radius 1 is 1.18 bits per heavy atom. The van der Waals surface area contributed by atoms with Crippen LogP contribution in [0.1, 0.15) is 18.4 Å². The molecular weight excluding hydrogens is 361 g/mol. The van der Waals surface area contributed by atoms with Gasteiger partial charge in [0.05, 0.1) is 6.04 Å². The molecule has 0 spiro atoms. The number of para-hydroxylation sites is 1. The Morgan fingerprint density at radius 3 is 2.68 bits per heavy atom. The third-order valence-corrected chi connectivity index (χ3v) is 4.74. The Balaban J connectivity index is 1.39. The number of aromatic nitrogens is 2. The largest absolute Gasteiger partial charge is 0.337 e. The summed E-state index contributed by atoms with van der Waals surface area (Å²) in [4.78, 5) is 18.7. The van der Waals surface area contributed by atoms with Crippen molar-refractivity contribution in [3.8, 4) is 11.4 Å². The summed E-state index contributed by atoms with van der Waals surface area (Å²) in [6.07, 6.45) is 0.657. The van der Waals surface area contributed by atoms with Crippen LogP contribution < -0.4 is 10.6 Å². The van der Waals surface area contributed by atoms with Crippen LogP contribution in [0.2, 0.25) is 0 Å². The van der Waals surface area contributed by atoms with Gasteiger partial charge in [-0.2, -0.15) is 4.98 Å². The molecule has 1 fully saturated rings. The summed E-state index contributed by atoms with van der Waals surface area (Å²) in [5, 5.41) is 9.80. The minimum Gasteiger partial charge on any atom is -0.337 e. The molecule has 0 aliphatic carbocycles. The molecule has 1 saturated heterocycles. The van der Waals surface area contributed by atoms with E-state index in [1.165, 1.54) is 12.1 Å². The first kappa shape index (κ1) is 18.1. The number of anilines is 1. The second-order valence-electron chi connectivity index (χ2n) is 6.82. The molecule has 2 heterocycles. The van der Waals surface area contributed by atoms with Crippen molar-refractivity contribution in [2.75, 3.05) is 18.9 Å². The average molecular weight is 381 g/mol. The Kier molecular flexibility index (Phi) is 5.03. The highest BCUT2D eigenvalue weighted by Gasteiger charge is 2.35. The zero-order chi connectivity index (χ0) is 19.5. The molecule has 0 unspecified atom stereocenters. The molecular formula is C20H20FN5O2. The van der Waals surface area contributed by atoms with Crippen LogP contribution in [0.25, 0.3) is 11.4 Å². The zero-order valence-electron chi connectivity index (χ0n) is 15.3. The van der Waals surface area contributed by atoms with Crippen molar-refractivity contribution in [2.45, 2.75) is 18.5 Å². The second-order valence-corrected chi connectivity index (χ2v) is 6.82. The maximum absolute atomic E-state index is 13.1. The molecule has 0 radical (unpaired) electrons. The fraction of sp³-hybridized carbons (Fsp3) is 0.250. The van der Waals surface area contributed by atoms with Gasteiger partial charge in [0.15, 0.2) is 0 Å². The number of hydrogen-bond acceptors (Lipinski definition) is 5. The van der Waals surface area contributed by atoms with Gasteiger partial charge in [0.25, 0.3) is 0 Å². The number of likely N-dealkylation sites (tertiary alicyclic amines) is 1. The van der Waals surface area contributed by atoms with E-state index in [9.17, 15) is 9.18 Å². The van der Waals surface area contributed by atoms with Gasteiger partial charge in [-0.15, -0.1) is 0 Å². The topological polar surface area (TPSA) is 83.3 Å². The number of carbonyl (C=O) groups is 1. The van der Waals surface area contributed by atoms with E-state index in [0.717, 1.165) is 5.69 Å². The van der Waals surface area contributed by atoms with Gasteiger partial charge in [-0.1, -0.05) is 23.4 Å². The molecule has 3 aromatic rings. The molecule has 8 heteroatoms. The second kappa shape index (κ2) is 7.77. The lowest BCUT2D eigenvalue weighted by Crippen LogP contribution is -2.39. The minimum atomic E-state index is -0.314. The molecule has 2 aromatic carbocycles. The molecule has 28 heavy (non-hydrogen) atoms. The van der Waals surface area contributed by atoms with Crippen LogP contribution >= 0.6 is 0 Å². The minimum absolute atomic E-state index is 0.0418. The van der Waals surface area contributed by atoms with E-state index in [2.05, 4.69) is 25.7 Å². The van der Waals surface area contributed by atoms with Gasteiger partial charge in [0.2, 0.25) is 11.7 Å². The highest BCUT2D eigenvalue weighted by molar-refractivity contribution is 5.89. The quantitative estimate of drug-likeness (QED) is 0.723. The maximum Gasteiger partial charge on any atom is 0.319 e. The van der Waals surface area contributed by atoms with Gasteiger partial charge < -0.3 is 15.2 Å². The molecule has 0 bridgehead atoms. The number of rotatable bonds is 4. The van der Waals surface area contributed by atoms with E-state index in [1.807, 2.05) is 37.4 Å². The number of nitrogens with one attached hydrogen (secondary N) is 2. The Bertz CT molecular complexity index is 945. The molecule has 2 amide bonds. The summed E-state index contributed by atoms with van der Waals surface area (Å²) in [5.74, 6) is 0.585. The third-order valence-electron chi connectivity index (χ3n) is 4.74. The van der Waals surface area contributed by atoms with Gasteiger partial charge in [-0.05, 0) is 49.9 Å². The molecule has 7 nitrogen and oxygen atoms in total. The van der Waals surface area contributed by atoms with Crippen LogP contribution in [0.5, 0.6) is 0 Å². The molecule has 1 aliphatic rings. The van der Waals surface area contributed by atoms with Gasteiger partial charge in [0.1, 0.15) is 5.82 Å². The van der Waals surface area contributed by atoms with Crippen molar-refractivity contribution in [1.29, 1.82) is 0 Å².